The molecule has 1 aromatic carbocycles. The second-order valence-corrected chi connectivity index (χ2v) is 4.36. The van der Waals surface area contributed by atoms with E-state index in [1.54, 1.807) is 25.1 Å². The molecule has 0 saturated carbocycles. The number of carbonyl (C=O) groups is 1. The van der Waals surface area contributed by atoms with E-state index in [4.69, 9.17) is 23.2 Å². The molecule has 0 bridgehead atoms. The summed E-state index contributed by atoms with van der Waals surface area (Å²) in [6, 6.07) is 5.20. The Bertz CT molecular complexity index is 350. The Morgan fingerprint density at radius 1 is 1.57 bits per heavy atom. The second-order valence-electron chi connectivity index (χ2n) is 2.96. The minimum Gasteiger partial charge on any atom is -0.293 e. The molecule has 0 heterocycles. The van der Waals surface area contributed by atoms with Crippen molar-refractivity contribution in [3.05, 3.63) is 29.3 Å². The van der Waals surface area contributed by atoms with Crippen molar-refractivity contribution >= 4 is 41.6 Å². The SMILES string of the molecule is CC(Cl)C(=O)c1ccc(S)c(CCl)c1. The number of rotatable bonds is 3. The van der Waals surface area contributed by atoms with Gasteiger partial charge < -0.3 is 0 Å². The predicted molar refractivity (Wildman–Crippen MR) is 62.9 cm³/mol. The van der Waals surface area contributed by atoms with Gasteiger partial charge >= 0.3 is 0 Å². The van der Waals surface area contributed by atoms with Gasteiger partial charge in [-0.2, -0.15) is 0 Å². The lowest BCUT2D eigenvalue weighted by Crippen LogP contribution is -2.10. The van der Waals surface area contributed by atoms with Crippen molar-refractivity contribution in [1.29, 1.82) is 0 Å². The van der Waals surface area contributed by atoms with E-state index in [-0.39, 0.29) is 5.78 Å². The van der Waals surface area contributed by atoms with E-state index in [0.29, 0.717) is 11.4 Å². The van der Waals surface area contributed by atoms with Crippen molar-refractivity contribution in [2.75, 3.05) is 0 Å². The van der Waals surface area contributed by atoms with Crippen molar-refractivity contribution in [1.82, 2.24) is 0 Å². The summed E-state index contributed by atoms with van der Waals surface area (Å²) in [5.41, 5.74) is 1.43. The van der Waals surface area contributed by atoms with Crippen LogP contribution in [-0.4, -0.2) is 11.2 Å². The molecule has 76 valence electrons. The molecule has 0 spiro atoms. The van der Waals surface area contributed by atoms with Crippen LogP contribution >= 0.6 is 35.8 Å². The highest BCUT2D eigenvalue weighted by atomic mass is 35.5. The lowest BCUT2D eigenvalue weighted by Gasteiger charge is -2.06. The predicted octanol–water partition coefficient (Wildman–Crippen LogP) is 3.52. The number of hydrogen-bond acceptors (Lipinski definition) is 2. The summed E-state index contributed by atoms with van der Waals surface area (Å²) in [6.07, 6.45) is 0. The van der Waals surface area contributed by atoms with E-state index in [1.807, 2.05) is 0 Å². The van der Waals surface area contributed by atoms with Crippen LogP contribution in [0, 0.1) is 0 Å². The van der Waals surface area contributed by atoms with Gasteiger partial charge in [-0.1, -0.05) is 6.07 Å². The monoisotopic (exact) mass is 248 g/mol. The van der Waals surface area contributed by atoms with E-state index in [1.165, 1.54) is 0 Å². The molecule has 0 aliphatic carbocycles. The molecule has 1 aromatic rings. The molecule has 0 N–H and O–H groups in total. The molecule has 0 aliphatic heterocycles. The van der Waals surface area contributed by atoms with Gasteiger partial charge in [0.2, 0.25) is 0 Å². The number of alkyl halides is 2. The number of hydrogen-bond donors (Lipinski definition) is 1. The molecule has 0 fully saturated rings. The normalized spacial score (nSPS) is 12.6. The number of halogens is 2. The van der Waals surface area contributed by atoms with Crippen LogP contribution in [0.1, 0.15) is 22.8 Å². The lowest BCUT2D eigenvalue weighted by molar-refractivity contribution is 0.0991. The molecule has 1 unspecified atom stereocenters. The maximum absolute atomic E-state index is 11.5. The molecule has 0 aromatic heterocycles. The van der Waals surface area contributed by atoms with E-state index < -0.39 is 5.38 Å². The fourth-order valence-electron chi connectivity index (χ4n) is 1.08. The molecule has 1 rings (SSSR count). The van der Waals surface area contributed by atoms with Gasteiger partial charge in [0.15, 0.2) is 5.78 Å². The number of thiol groups is 1. The third-order valence-corrected chi connectivity index (χ3v) is 2.79. The highest BCUT2D eigenvalue weighted by Crippen LogP contribution is 2.19. The third kappa shape index (κ3) is 2.66. The molecular formula is C10H10Cl2OS. The molecule has 0 radical (unpaired) electrons. The summed E-state index contributed by atoms with van der Waals surface area (Å²) in [5.74, 6) is 0.253. The van der Waals surface area contributed by atoms with Gasteiger partial charge in [-0.05, 0) is 24.6 Å². The quantitative estimate of drug-likeness (QED) is 0.492. The molecule has 1 nitrogen and oxygen atoms in total. The first-order chi connectivity index (χ1) is 6.56. The van der Waals surface area contributed by atoms with Crippen LogP contribution in [0.2, 0.25) is 0 Å². The van der Waals surface area contributed by atoms with E-state index in [2.05, 4.69) is 12.6 Å². The molecule has 0 amide bonds. The smallest absolute Gasteiger partial charge is 0.180 e. The Kier molecular flexibility index (Phi) is 4.30. The van der Waals surface area contributed by atoms with Crippen molar-refractivity contribution in [3.8, 4) is 0 Å². The third-order valence-electron chi connectivity index (χ3n) is 1.87. The van der Waals surface area contributed by atoms with Crippen molar-refractivity contribution in [2.45, 2.75) is 23.1 Å². The van der Waals surface area contributed by atoms with Gasteiger partial charge in [0.25, 0.3) is 0 Å². The first-order valence-corrected chi connectivity index (χ1v) is 5.54. The zero-order chi connectivity index (χ0) is 10.7. The number of carbonyl (C=O) groups excluding carboxylic acids is 1. The van der Waals surface area contributed by atoms with Crippen LogP contribution < -0.4 is 0 Å². The van der Waals surface area contributed by atoms with Crippen molar-refractivity contribution in [2.24, 2.45) is 0 Å². The Morgan fingerprint density at radius 3 is 2.71 bits per heavy atom. The first-order valence-electron chi connectivity index (χ1n) is 4.12. The number of Topliss-reactive ketones (excluding diaryl/α,β-unsaturated/α-hetero) is 1. The summed E-state index contributed by atoms with van der Waals surface area (Å²) in [4.78, 5) is 12.3. The van der Waals surface area contributed by atoms with Gasteiger partial charge in [0.1, 0.15) is 0 Å². The van der Waals surface area contributed by atoms with Crippen LogP contribution in [0.25, 0.3) is 0 Å². The van der Waals surface area contributed by atoms with Crippen LogP contribution in [0.4, 0.5) is 0 Å². The minimum absolute atomic E-state index is 0.0913. The fourth-order valence-corrected chi connectivity index (χ4v) is 1.73. The standard InChI is InChI=1S/C10H10Cl2OS/c1-6(12)10(13)7-2-3-9(14)8(4-7)5-11/h2-4,6,14H,5H2,1H3. The van der Waals surface area contributed by atoms with E-state index >= 15 is 0 Å². The largest absolute Gasteiger partial charge is 0.293 e. The van der Waals surface area contributed by atoms with Crippen LogP contribution in [-0.2, 0) is 5.88 Å². The highest BCUT2D eigenvalue weighted by molar-refractivity contribution is 7.80. The summed E-state index contributed by atoms with van der Waals surface area (Å²) in [5, 5.41) is -0.510. The minimum atomic E-state index is -0.510. The topological polar surface area (TPSA) is 17.1 Å². The molecule has 0 aliphatic rings. The zero-order valence-corrected chi connectivity index (χ0v) is 10.0. The molecule has 1 atom stereocenters. The Hall–Kier alpha value is -0.180. The van der Waals surface area contributed by atoms with Gasteiger partial charge in [-0.25, -0.2) is 0 Å². The van der Waals surface area contributed by atoms with Crippen molar-refractivity contribution in [3.63, 3.8) is 0 Å². The second kappa shape index (κ2) is 5.06. The average Bonchev–Trinajstić information content (AvgIpc) is 2.17. The summed E-state index contributed by atoms with van der Waals surface area (Å²) >= 11 is 15.6. The fraction of sp³-hybridized carbons (Fsp3) is 0.300. The zero-order valence-electron chi connectivity index (χ0n) is 7.63. The summed E-state index contributed by atoms with van der Waals surface area (Å²) in [6.45, 7) is 1.65. The highest BCUT2D eigenvalue weighted by Gasteiger charge is 2.13. The molecule has 4 heteroatoms. The van der Waals surface area contributed by atoms with Crippen LogP contribution in [0.3, 0.4) is 0 Å². The first kappa shape index (κ1) is 11.9. The number of ketones is 1. The molecular weight excluding hydrogens is 239 g/mol. The van der Waals surface area contributed by atoms with Gasteiger partial charge in [0.05, 0.1) is 5.38 Å². The summed E-state index contributed by atoms with van der Waals surface area (Å²) in [7, 11) is 0. The molecule has 0 saturated heterocycles. The Labute approximate surface area is 98.8 Å². The van der Waals surface area contributed by atoms with E-state index in [9.17, 15) is 4.79 Å². The summed E-state index contributed by atoms with van der Waals surface area (Å²) < 4.78 is 0. The maximum Gasteiger partial charge on any atom is 0.180 e. The van der Waals surface area contributed by atoms with Crippen LogP contribution in [0.5, 0.6) is 0 Å². The Morgan fingerprint density at radius 2 is 2.21 bits per heavy atom. The van der Waals surface area contributed by atoms with Crippen LogP contribution in [0.15, 0.2) is 23.1 Å². The number of benzene rings is 1. The van der Waals surface area contributed by atoms with Gasteiger partial charge in [-0.3, -0.25) is 4.79 Å². The lowest BCUT2D eigenvalue weighted by atomic mass is 10.1. The molecule has 14 heavy (non-hydrogen) atoms. The average molecular weight is 249 g/mol. The van der Waals surface area contributed by atoms with Gasteiger partial charge in [-0.15, -0.1) is 35.8 Å². The van der Waals surface area contributed by atoms with Gasteiger partial charge in [0, 0.05) is 16.3 Å². The maximum atomic E-state index is 11.5. The van der Waals surface area contributed by atoms with E-state index in [0.717, 1.165) is 10.5 Å². The van der Waals surface area contributed by atoms with Crippen molar-refractivity contribution < 1.29 is 4.79 Å². The Balaban J connectivity index is 3.06.